The van der Waals surface area contributed by atoms with Crippen molar-refractivity contribution in [2.24, 2.45) is 0 Å². The third kappa shape index (κ3) is 4.81. The number of thiazole rings is 1. The highest BCUT2D eigenvalue weighted by atomic mass is 32.1. The number of aromatic nitrogens is 1. The van der Waals surface area contributed by atoms with Crippen LogP contribution in [0.5, 0.6) is 0 Å². The van der Waals surface area contributed by atoms with E-state index >= 15 is 0 Å². The molecule has 1 aromatic heterocycles. The van der Waals surface area contributed by atoms with Gasteiger partial charge in [-0.25, -0.2) is 4.98 Å². The predicted octanol–water partition coefficient (Wildman–Crippen LogP) is 3.86. The Kier molecular flexibility index (Phi) is 5.87. The van der Waals surface area contributed by atoms with Crippen LogP contribution in [0.4, 0.5) is 5.13 Å². The molecule has 0 saturated carbocycles. The number of aryl methyl sites for hydroxylation is 1. The number of nitrogens with one attached hydrogen (secondary N) is 1. The number of hydrogen-bond donors (Lipinski definition) is 1. The van der Waals surface area contributed by atoms with E-state index in [1.807, 2.05) is 54.8 Å². The largest absolute Gasteiger partial charge is 0.376 e. The first-order chi connectivity index (χ1) is 14.1. The van der Waals surface area contributed by atoms with Crippen molar-refractivity contribution >= 4 is 39.1 Å². The standard InChI is InChI=1S/C22H23N3O3S/c1-15-14-29-22(23-15)24-20(26)13-25(12-19-7-4-10-28-19)21(27)18-9-8-16-5-2-3-6-17(16)11-18/h2-3,5-6,8-9,11,14,19H,4,7,10,12-13H2,1H3,(H,23,24,26). The second-order valence-electron chi connectivity index (χ2n) is 7.22. The van der Waals surface area contributed by atoms with E-state index < -0.39 is 0 Å². The van der Waals surface area contributed by atoms with E-state index in [4.69, 9.17) is 4.74 Å². The highest BCUT2D eigenvalue weighted by Gasteiger charge is 2.25. The molecule has 0 radical (unpaired) electrons. The molecule has 0 aliphatic carbocycles. The fourth-order valence-electron chi connectivity index (χ4n) is 3.50. The number of benzene rings is 2. The molecule has 6 nitrogen and oxygen atoms in total. The Morgan fingerprint density at radius 1 is 1.24 bits per heavy atom. The molecule has 1 N–H and O–H groups in total. The van der Waals surface area contributed by atoms with Gasteiger partial charge in [0.1, 0.15) is 6.54 Å². The maximum Gasteiger partial charge on any atom is 0.254 e. The fraction of sp³-hybridized carbons (Fsp3) is 0.318. The maximum atomic E-state index is 13.2. The van der Waals surface area contributed by atoms with Gasteiger partial charge < -0.3 is 15.0 Å². The maximum absolute atomic E-state index is 13.2. The third-order valence-corrected chi connectivity index (χ3v) is 5.81. The third-order valence-electron chi connectivity index (χ3n) is 4.93. The van der Waals surface area contributed by atoms with Gasteiger partial charge in [0.25, 0.3) is 5.91 Å². The van der Waals surface area contributed by atoms with Crippen LogP contribution in [0.2, 0.25) is 0 Å². The van der Waals surface area contributed by atoms with Gasteiger partial charge in [-0.2, -0.15) is 0 Å². The van der Waals surface area contributed by atoms with Crippen LogP contribution in [0, 0.1) is 6.92 Å². The van der Waals surface area contributed by atoms with Gasteiger partial charge >= 0.3 is 0 Å². The van der Waals surface area contributed by atoms with Gasteiger partial charge in [0, 0.05) is 24.1 Å². The first-order valence-electron chi connectivity index (χ1n) is 9.70. The molecular formula is C22H23N3O3S. The van der Waals surface area contributed by atoms with Crippen LogP contribution in [0.25, 0.3) is 10.8 Å². The molecule has 3 aromatic rings. The number of anilines is 1. The van der Waals surface area contributed by atoms with E-state index in [9.17, 15) is 9.59 Å². The SMILES string of the molecule is Cc1csc(NC(=O)CN(CC2CCCO2)C(=O)c2ccc3ccccc3c2)n1. The summed E-state index contributed by atoms with van der Waals surface area (Å²) in [5.74, 6) is -0.428. The lowest BCUT2D eigenvalue weighted by atomic mass is 10.1. The molecule has 4 rings (SSSR count). The van der Waals surface area contributed by atoms with Crippen molar-refractivity contribution in [2.75, 3.05) is 25.0 Å². The van der Waals surface area contributed by atoms with E-state index in [-0.39, 0.29) is 24.5 Å². The Balaban J connectivity index is 1.52. The van der Waals surface area contributed by atoms with Crippen LogP contribution < -0.4 is 5.32 Å². The van der Waals surface area contributed by atoms with E-state index in [1.165, 1.54) is 11.3 Å². The highest BCUT2D eigenvalue weighted by Crippen LogP contribution is 2.20. The zero-order valence-electron chi connectivity index (χ0n) is 16.3. The molecular weight excluding hydrogens is 386 g/mol. The van der Waals surface area contributed by atoms with E-state index in [1.54, 1.807) is 4.90 Å². The lowest BCUT2D eigenvalue weighted by Crippen LogP contribution is -2.42. The first-order valence-corrected chi connectivity index (χ1v) is 10.6. The molecule has 2 heterocycles. The van der Waals surface area contributed by atoms with Crippen molar-refractivity contribution in [3.8, 4) is 0 Å². The van der Waals surface area contributed by atoms with E-state index in [0.717, 1.165) is 29.3 Å². The summed E-state index contributed by atoms with van der Waals surface area (Å²) in [5.41, 5.74) is 1.42. The average Bonchev–Trinajstić information content (AvgIpc) is 3.38. The highest BCUT2D eigenvalue weighted by molar-refractivity contribution is 7.13. The fourth-order valence-corrected chi connectivity index (χ4v) is 4.21. The van der Waals surface area contributed by atoms with Crippen molar-refractivity contribution in [1.82, 2.24) is 9.88 Å². The number of carbonyl (C=O) groups is 2. The zero-order valence-corrected chi connectivity index (χ0v) is 17.1. The molecule has 150 valence electrons. The van der Waals surface area contributed by atoms with Gasteiger partial charge in [0.15, 0.2) is 5.13 Å². The summed E-state index contributed by atoms with van der Waals surface area (Å²) in [6.07, 6.45) is 1.84. The van der Waals surface area contributed by atoms with Crippen LogP contribution in [0.3, 0.4) is 0 Å². The van der Waals surface area contributed by atoms with Crippen LogP contribution in [-0.4, -0.2) is 47.5 Å². The second-order valence-corrected chi connectivity index (χ2v) is 8.08. The van der Waals surface area contributed by atoms with Gasteiger partial charge in [0.2, 0.25) is 5.91 Å². The summed E-state index contributed by atoms with van der Waals surface area (Å²) < 4.78 is 5.71. The topological polar surface area (TPSA) is 71.5 Å². The zero-order chi connectivity index (χ0) is 20.2. The molecule has 1 atom stereocenters. The van der Waals surface area contributed by atoms with Crippen LogP contribution >= 0.6 is 11.3 Å². The molecule has 1 aliphatic heterocycles. The Bertz CT molecular complexity index is 1030. The smallest absolute Gasteiger partial charge is 0.254 e. The lowest BCUT2D eigenvalue weighted by Gasteiger charge is -2.25. The van der Waals surface area contributed by atoms with Crippen molar-refractivity contribution in [2.45, 2.75) is 25.9 Å². The molecule has 0 bridgehead atoms. The van der Waals surface area contributed by atoms with Crippen LogP contribution in [0.1, 0.15) is 28.9 Å². The summed E-state index contributed by atoms with van der Waals surface area (Å²) in [6.45, 7) is 2.94. The molecule has 1 saturated heterocycles. The summed E-state index contributed by atoms with van der Waals surface area (Å²) in [7, 11) is 0. The van der Waals surface area contributed by atoms with E-state index in [2.05, 4.69) is 10.3 Å². The number of ether oxygens (including phenoxy) is 1. The number of hydrogen-bond acceptors (Lipinski definition) is 5. The van der Waals surface area contributed by atoms with Crippen molar-refractivity contribution in [3.63, 3.8) is 0 Å². The van der Waals surface area contributed by atoms with Crippen molar-refractivity contribution in [1.29, 1.82) is 0 Å². The summed E-state index contributed by atoms with van der Waals surface area (Å²) >= 11 is 1.37. The molecule has 1 unspecified atom stereocenters. The Morgan fingerprint density at radius 2 is 2.07 bits per heavy atom. The Labute approximate surface area is 173 Å². The van der Waals surface area contributed by atoms with Crippen LogP contribution in [0.15, 0.2) is 47.8 Å². The van der Waals surface area contributed by atoms with Gasteiger partial charge in [-0.05, 0) is 42.7 Å². The minimum Gasteiger partial charge on any atom is -0.376 e. The number of rotatable bonds is 6. The molecule has 1 fully saturated rings. The van der Waals surface area contributed by atoms with Gasteiger partial charge in [-0.3, -0.25) is 9.59 Å². The number of carbonyl (C=O) groups excluding carboxylic acids is 2. The molecule has 29 heavy (non-hydrogen) atoms. The molecule has 1 aliphatic rings. The average molecular weight is 410 g/mol. The minimum atomic E-state index is -0.258. The monoisotopic (exact) mass is 409 g/mol. The first kappa shape index (κ1) is 19.5. The summed E-state index contributed by atoms with van der Waals surface area (Å²) in [6, 6.07) is 13.5. The molecule has 2 aromatic carbocycles. The molecule has 0 spiro atoms. The van der Waals surface area contributed by atoms with Crippen molar-refractivity contribution in [3.05, 3.63) is 59.1 Å². The molecule has 7 heteroatoms. The van der Waals surface area contributed by atoms with Crippen LogP contribution in [-0.2, 0) is 9.53 Å². The molecule has 2 amide bonds. The van der Waals surface area contributed by atoms with Gasteiger partial charge in [-0.15, -0.1) is 11.3 Å². The predicted molar refractivity (Wildman–Crippen MR) is 114 cm³/mol. The number of fused-ring (bicyclic) bond motifs is 1. The quantitative estimate of drug-likeness (QED) is 0.671. The van der Waals surface area contributed by atoms with Gasteiger partial charge in [0.05, 0.1) is 11.8 Å². The summed E-state index contributed by atoms with van der Waals surface area (Å²) in [5, 5.41) is 7.28. The Hall–Kier alpha value is -2.77. The van der Waals surface area contributed by atoms with Crippen molar-refractivity contribution < 1.29 is 14.3 Å². The summed E-state index contributed by atoms with van der Waals surface area (Å²) in [4.78, 5) is 31.7. The van der Waals surface area contributed by atoms with Gasteiger partial charge in [-0.1, -0.05) is 30.3 Å². The van der Waals surface area contributed by atoms with E-state index in [0.29, 0.717) is 23.8 Å². The lowest BCUT2D eigenvalue weighted by molar-refractivity contribution is -0.117. The normalized spacial score (nSPS) is 16.1. The number of nitrogens with zero attached hydrogens (tertiary/aromatic N) is 2. The second kappa shape index (κ2) is 8.71. The number of amides is 2. The minimum absolute atomic E-state index is 0.0330. The Morgan fingerprint density at radius 3 is 2.79 bits per heavy atom.